The molecule has 0 radical (unpaired) electrons. The minimum Gasteiger partial charge on any atom is -0.351 e. The van der Waals surface area contributed by atoms with Gasteiger partial charge in [0.2, 0.25) is 17.7 Å². The van der Waals surface area contributed by atoms with Crippen LogP contribution in [-0.2, 0) is 20.8 Å². The zero-order valence-electron chi connectivity index (χ0n) is 19.7. The van der Waals surface area contributed by atoms with Crippen molar-refractivity contribution in [3.63, 3.8) is 0 Å². The monoisotopic (exact) mass is 449 g/mol. The Morgan fingerprint density at radius 3 is 2.55 bits per heavy atom. The molecule has 1 saturated heterocycles. The average molecular weight is 450 g/mol. The first-order valence-electron chi connectivity index (χ1n) is 12.0. The summed E-state index contributed by atoms with van der Waals surface area (Å²) in [6, 6.07) is 12.9. The number of likely N-dealkylation sites (tertiary alicyclic amines) is 1. The molecule has 0 saturated carbocycles. The van der Waals surface area contributed by atoms with Gasteiger partial charge in [0.15, 0.2) is 0 Å². The number of rotatable bonds is 10. The Bertz CT molecular complexity index is 999. The summed E-state index contributed by atoms with van der Waals surface area (Å²) < 4.78 is 0. The normalized spacial score (nSPS) is 16.6. The second-order valence-corrected chi connectivity index (χ2v) is 8.68. The van der Waals surface area contributed by atoms with Crippen LogP contribution >= 0.6 is 0 Å². The number of carbonyl (C=O) groups excluding carboxylic acids is 3. The number of benzene rings is 2. The van der Waals surface area contributed by atoms with Crippen molar-refractivity contribution in [2.24, 2.45) is 5.92 Å². The van der Waals surface area contributed by atoms with Crippen LogP contribution < -0.4 is 10.6 Å². The number of carbonyl (C=O) groups is 3. The van der Waals surface area contributed by atoms with Crippen LogP contribution in [0, 0.1) is 5.92 Å². The van der Waals surface area contributed by atoms with Crippen molar-refractivity contribution < 1.29 is 14.4 Å². The lowest BCUT2D eigenvalue weighted by atomic mass is 10.00. The van der Waals surface area contributed by atoms with E-state index < -0.39 is 12.1 Å². The molecular formula is C27H35N3O3. The third-order valence-corrected chi connectivity index (χ3v) is 6.48. The van der Waals surface area contributed by atoms with E-state index in [-0.39, 0.29) is 23.6 Å². The maximum Gasteiger partial charge on any atom is 0.243 e. The number of nitrogens with zero attached hydrogens (tertiary/aromatic N) is 1. The molecule has 0 aliphatic carbocycles. The highest BCUT2D eigenvalue weighted by molar-refractivity contribution is 5.93. The molecule has 3 amide bonds. The minimum atomic E-state index is -0.732. The molecule has 176 valence electrons. The van der Waals surface area contributed by atoms with Gasteiger partial charge < -0.3 is 15.5 Å². The summed E-state index contributed by atoms with van der Waals surface area (Å²) in [6.07, 6.45) is 4.91. The lowest BCUT2D eigenvalue weighted by Gasteiger charge is -2.29. The molecule has 0 aromatic heterocycles. The molecule has 2 aromatic carbocycles. The molecule has 6 heteroatoms. The van der Waals surface area contributed by atoms with Crippen LogP contribution in [0.5, 0.6) is 0 Å². The van der Waals surface area contributed by atoms with Crippen LogP contribution in [-0.4, -0.2) is 47.8 Å². The zero-order chi connectivity index (χ0) is 23.8. The summed E-state index contributed by atoms with van der Waals surface area (Å²) in [6.45, 7) is 8.57. The van der Waals surface area contributed by atoms with E-state index in [1.54, 1.807) is 11.0 Å². The first kappa shape index (κ1) is 24.5. The fraction of sp³-hybridized carbons (Fsp3) is 0.444. The Morgan fingerprint density at radius 2 is 1.85 bits per heavy atom. The minimum absolute atomic E-state index is 0.0415. The molecule has 33 heavy (non-hydrogen) atoms. The standard InChI is InChI=1S/C27H35N3O3/c1-4-15-28-25(31)23(18-19-13-14-21-10-7-8-11-22(21)17-19)29-26(32)24-12-9-16-30(24)27(33)20(5-2)6-3/h4,7-8,10-11,13-14,17,20,23-24H,1,5-6,9,12,15-16,18H2,2-3H3,(H,28,31)(H,29,32)/t23-,24?/m1/s1. The zero-order valence-corrected chi connectivity index (χ0v) is 19.7. The predicted molar refractivity (Wildman–Crippen MR) is 132 cm³/mol. The molecule has 0 spiro atoms. The molecular weight excluding hydrogens is 414 g/mol. The van der Waals surface area contributed by atoms with E-state index in [4.69, 9.17) is 0 Å². The third-order valence-electron chi connectivity index (χ3n) is 6.48. The number of hydrogen-bond acceptors (Lipinski definition) is 3. The Hall–Kier alpha value is -3.15. The molecule has 6 nitrogen and oxygen atoms in total. The molecule has 2 N–H and O–H groups in total. The van der Waals surface area contributed by atoms with E-state index in [9.17, 15) is 14.4 Å². The molecule has 1 aliphatic rings. The number of amides is 3. The molecule has 0 bridgehead atoms. The van der Waals surface area contributed by atoms with Gasteiger partial charge in [-0.1, -0.05) is 62.4 Å². The first-order chi connectivity index (χ1) is 16.0. The molecule has 2 aromatic rings. The van der Waals surface area contributed by atoms with E-state index in [0.717, 1.165) is 35.6 Å². The second-order valence-electron chi connectivity index (χ2n) is 8.68. The topological polar surface area (TPSA) is 78.5 Å². The van der Waals surface area contributed by atoms with E-state index in [2.05, 4.69) is 17.2 Å². The first-order valence-corrected chi connectivity index (χ1v) is 12.0. The summed E-state index contributed by atoms with van der Waals surface area (Å²) in [5.41, 5.74) is 0.962. The summed E-state index contributed by atoms with van der Waals surface area (Å²) in [4.78, 5) is 40.8. The third kappa shape index (κ3) is 6.01. The quantitative estimate of drug-likeness (QED) is 0.544. The second kappa shape index (κ2) is 11.6. The van der Waals surface area contributed by atoms with Gasteiger partial charge in [-0.2, -0.15) is 0 Å². The largest absolute Gasteiger partial charge is 0.351 e. The highest BCUT2D eigenvalue weighted by atomic mass is 16.2. The van der Waals surface area contributed by atoms with Gasteiger partial charge in [-0.3, -0.25) is 14.4 Å². The predicted octanol–water partition coefficient (Wildman–Crippen LogP) is 3.60. The smallest absolute Gasteiger partial charge is 0.243 e. The van der Waals surface area contributed by atoms with E-state index in [0.29, 0.717) is 25.9 Å². The van der Waals surface area contributed by atoms with Crippen molar-refractivity contribution in [3.8, 4) is 0 Å². The lowest BCUT2D eigenvalue weighted by Crippen LogP contribution is -2.54. The highest BCUT2D eigenvalue weighted by Gasteiger charge is 2.37. The van der Waals surface area contributed by atoms with Crippen molar-refractivity contribution in [3.05, 3.63) is 60.7 Å². The van der Waals surface area contributed by atoms with Gasteiger partial charge in [0, 0.05) is 25.4 Å². The van der Waals surface area contributed by atoms with Crippen LogP contribution in [0.15, 0.2) is 55.1 Å². The molecule has 1 aliphatic heterocycles. The van der Waals surface area contributed by atoms with Crippen molar-refractivity contribution in [1.82, 2.24) is 15.5 Å². The van der Waals surface area contributed by atoms with Crippen LogP contribution in [0.1, 0.15) is 45.1 Å². The van der Waals surface area contributed by atoms with E-state index in [1.165, 1.54) is 0 Å². The van der Waals surface area contributed by atoms with Crippen LogP contribution in [0.4, 0.5) is 0 Å². The average Bonchev–Trinajstić information content (AvgIpc) is 3.33. The Kier molecular flexibility index (Phi) is 8.64. The maximum absolute atomic E-state index is 13.2. The fourth-order valence-electron chi connectivity index (χ4n) is 4.55. The van der Waals surface area contributed by atoms with Gasteiger partial charge in [0.05, 0.1) is 0 Å². The molecule has 1 heterocycles. The van der Waals surface area contributed by atoms with Crippen LogP contribution in [0.2, 0.25) is 0 Å². The number of fused-ring (bicyclic) bond motifs is 1. The van der Waals surface area contributed by atoms with Crippen LogP contribution in [0.3, 0.4) is 0 Å². The van der Waals surface area contributed by atoms with Gasteiger partial charge in [-0.15, -0.1) is 6.58 Å². The van der Waals surface area contributed by atoms with Crippen LogP contribution in [0.25, 0.3) is 10.8 Å². The van der Waals surface area contributed by atoms with Gasteiger partial charge in [0.25, 0.3) is 0 Å². The summed E-state index contributed by atoms with van der Waals surface area (Å²) in [5, 5.41) is 7.96. The Labute approximate surface area is 196 Å². The number of hydrogen-bond donors (Lipinski definition) is 2. The number of nitrogens with one attached hydrogen (secondary N) is 2. The maximum atomic E-state index is 13.2. The molecule has 3 rings (SSSR count). The van der Waals surface area contributed by atoms with Crippen molar-refractivity contribution >= 4 is 28.5 Å². The van der Waals surface area contributed by atoms with Crippen molar-refractivity contribution in [2.75, 3.05) is 13.1 Å². The molecule has 1 unspecified atom stereocenters. The SMILES string of the molecule is C=CCNC(=O)[C@@H](Cc1ccc2ccccc2c1)NC(=O)C1CCCN1C(=O)C(CC)CC. The van der Waals surface area contributed by atoms with Gasteiger partial charge in [-0.25, -0.2) is 0 Å². The summed E-state index contributed by atoms with van der Waals surface area (Å²) in [5.74, 6) is -0.541. The fourth-order valence-corrected chi connectivity index (χ4v) is 4.55. The Morgan fingerprint density at radius 1 is 1.12 bits per heavy atom. The summed E-state index contributed by atoms with van der Waals surface area (Å²) >= 11 is 0. The summed E-state index contributed by atoms with van der Waals surface area (Å²) in [7, 11) is 0. The van der Waals surface area contributed by atoms with Gasteiger partial charge in [0.1, 0.15) is 12.1 Å². The highest BCUT2D eigenvalue weighted by Crippen LogP contribution is 2.23. The van der Waals surface area contributed by atoms with E-state index in [1.807, 2.05) is 56.3 Å². The molecule has 1 fully saturated rings. The Balaban J connectivity index is 1.77. The van der Waals surface area contributed by atoms with Gasteiger partial charge >= 0.3 is 0 Å². The molecule has 2 atom stereocenters. The van der Waals surface area contributed by atoms with Gasteiger partial charge in [-0.05, 0) is 42.0 Å². The van der Waals surface area contributed by atoms with E-state index >= 15 is 0 Å². The van der Waals surface area contributed by atoms with Crippen molar-refractivity contribution in [2.45, 2.75) is 58.0 Å². The lowest BCUT2D eigenvalue weighted by molar-refractivity contribution is -0.142. The van der Waals surface area contributed by atoms with Crippen molar-refractivity contribution in [1.29, 1.82) is 0 Å².